The lowest BCUT2D eigenvalue weighted by Gasteiger charge is -2.14. The third-order valence-corrected chi connectivity index (χ3v) is 2.98. The van der Waals surface area contributed by atoms with Crippen molar-refractivity contribution >= 4 is 27.6 Å². The zero-order valence-corrected chi connectivity index (χ0v) is 10.4. The van der Waals surface area contributed by atoms with Crippen molar-refractivity contribution in [3.63, 3.8) is 0 Å². The molecule has 1 aromatic rings. The summed E-state index contributed by atoms with van der Waals surface area (Å²) in [4.78, 5) is 12.4. The summed E-state index contributed by atoms with van der Waals surface area (Å²) in [7, 11) is 3.94. The Kier molecular flexibility index (Phi) is 4.15. The van der Waals surface area contributed by atoms with E-state index in [0.717, 1.165) is 11.3 Å². The third-order valence-electron chi connectivity index (χ3n) is 2.13. The van der Waals surface area contributed by atoms with Crippen molar-refractivity contribution in [2.45, 2.75) is 11.2 Å². The Morgan fingerprint density at radius 1 is 1.40 bits per heavy atom. The number of rotatable bonds is 4. The predicted octanol–water partition coefficient (Wildman–Crippen LogP) is 2.66. The summed E-state index contributed by atoms with van der Waals surface area (Å²) in [5.74, 6) is -0.798. The molecule has 0 saturated heterocycles. The van der Waals surface area contributed by atoms with Gasteiger partial charge in [-0.3, -0.25) is 4.79 Å². The number of hydrogen-bond acceptors (Lipinski definition) is 2. The smallest absolute Gasteiger partial charge is 0.304 e. The van der Waals surface area contributed by atoms with Gasteiger partial charge in [-0.05, 0) is 17.7 Å². The third kappa shape index (κ3) is 3.55. The van der Waals surface area contributed by atoms with Crippen LogP contribution in [0.25, 0.3) is 0 Å². The topological polar surface area (TPSA) is 40.5 Å². The fourth-order valence-electron chi connectivity index (χ4n) is 1.25. The van der Waals surface area contributed by atoms with Gasteiger partial charge in [0.1, 0.15) is 0 Å². The zero-order valence-electron chi connectivity index (χ0n) is 8.77. The van der Waals surface area contributed by atoms with Gasteiger partial charge in [0.05, 0.1) is 6.42 Å². The molecule has 1 unspecified atom stereocenters. The van der Waals surface area contributed by atoms with E-state index in [9.17, 15) is 4.79 Å². The Labute approximate surface area is 97.8 Å². The van der Waals surface area contributed by atoms with E-state index in [-0.39, 0.29) is 11.2 Å². The van der Waals surface area contributed by atoms with Crippen LogP contribution in [0.4, 0.5) is 5.69 Å². The summed E-state index contributed by atoms with van der Waals surface area (Å²) in [6.45, 7) is 0. The highest BCUT2D eigenvalue weighted by Gasteiger charge is 2.11. The van der Waals surface area contributed by atoms with Crippen molar-refractivity contribution in [3.8, 4) is 0 Å². The first-order valence-corrected chi connectivity index (χ1v) is 5.55. The van der Waals surface area contributed by atoms with Gasteiger partial charge in [0.25, 0.3) is 0 Å². The molecule has 0 amide bonds. The molecule has 1 atom stereocenters. The number of anilines is 1. The lowest BCUT2D eigenvalue weighted by Crippen LogP contribution is -2.08. The van der Waals surface area contributed by atoms with E-state index in [1.54, 1.807) is 0 Å². The second-order valence-electron chi connectivity index (χ2n) is 3.55. The second-order valence-corrected chi connectivity index (χ2v) is 4.66. The first kappa shape index (κ1) is 12.0. The maximum atomic E-state index is 10.5. The molecule has 1 N–H and O–H groups in total. The maximum Gasteiger partial charge on any atom is 0.304 e. The lowest BCUT2D eigenvalue weighted by atomic mass is 10.1. The Hall–Kier alpha value is -1.03. The van der Waals surface area contributed by atoms with Gasteiger partial charge >= 0.3 is 5.97 Å². The normalized spacial score (nSPS) is 12.2. The number of carbonyl (C=O) groups is 1. The highest BCUT2D eigenvalue weighted by molar-refractivity contribution is 9.09. The Morgan fingerprint density at radius 2 is 1.93 bits per heavy atom. The van der Waals surface area contributed by atoms with Crippen LogP contribution in [0.5, 0.6) is 0 Å². The summed E-state index contributed by atoms with van der Waals surface area (Å²) >= 11 is 3.35. The molecule has 0 bridgehead atoms. The van der Waals surface area contributed by atoms with Crippen molar-refractivity contribution in [2.24, 2.45) is 0 Å². The van der Waals surface area contributed by atoms with E-state index >= 15 is 0 Å². The molecule has 0 spiro atoms. The number of hydrogen-bond donors (Lipinski definition) is 1. The zero-order chi connectivity index (χ0) is 11.4. The second kappa shape index (κ2) is 5.16. The van der Waals surface area contributed by atoms with E-state index in [4.69, 9.17) is 5.11 Å². The minimum absolute atomic E-state index is 0.0985. The molecular weight excluding hydrogens is 258 g/mol. The Bertz CT molecular complexity index is 335. The molecule has 0 aliphatic carbocycles. The molecule has 0 aliphatic heterocycles. The van der Waals surface area contributed by atoms with Crippen LogP contribution in [0.15, 0.2) is 24.3 Å². The van der Waals surface area contributed by atoms with Gasteiger partial charge < -0.3 is 10.0 Å². The number of carboxylic acids is 1. The van der Waals surface area contributed by atoms with Crippen molar-refractivity contribution in [3.05, 3.63) is 29.8 Å². The number of benzene rings is 1. The average molecular weight is 272 g/mol. The standard InChI is InChI=1S/C11H14BrNO2/c1-13(2)9-5-3-8(4-6-9)10(12)7-11(14)15/h3-6,10H,7H2,1-2H3,(H,14,15). The van der Waals surface area contributed by atoms with Gasteiger partial charge in [0.2, 0.25) is 0 Å². The molecule has 15 heavy (non-hydrogen) atoms. The summed E-state index contributed by atoms with van der Waals surface area (Å²) in [6, 6.07) is 7.84. The van der Waals surface area contributed by atoms with E-state index in [0.29, 0.717) is 0 Å². The van der Waals surface area contributed by atoms with Gasteiger partial charge in [-0.25, -0.2) is 0 Å². The minimum Gasteiger partial charge on any atom is -0.481 e. The molecule has 0 aromatic heterocycles. The number of alkyl halides is 1. The minimum atomic E-state index is -0.798. The average Bonchev–Trinajstić information content (AvgIpc) is 2.17. The van der Waals surface area contributed by atoms with Crippen LogP contribution >= 0.6 is 15.9 Å². The van der Waals surface area contributed by atoms with Crippen molar-refractivity contribution in [1.29, 1.82) is 0 Å². The number of nitrogens with zero attached hydrogens (tertiary/aromatic N) is 1. The van der Waals surface area contributed by atoms with E-state index < -0.39 is 5.97 Å². The molecule has 82 valence electrons. The lowest BCUT2D eigenvalue weighted by molar-refractivity contribution is -0.136. The van der Waals surface area contributed by atoms with Gasteiger partial charge in [-0.2, -0.15) is 0 Å². The summed E-state index contributed by atoms with van der Waals surface area (Å²) in [6.07, 6.45) is 0.0985. The molecule has 0 radical (unpaired) electrons. The summed E-state index contributed by atoms with van der Waals surface area (Å²) < 4.78 is 0. The van der Waals surface area contributed by atoms with Crippen LogP contribution < -0.4 is 4.90 Å². The maximum absolute atomic E-state index is 10.5. The Balaban J connectivity index is 2.75. The predicted molar refractivity (Wildman–Crippen MR) is 64.7 cm³/mol. The highest BCUT2D eigenvalue weighted by Crippen LogP contribution is 2.27. The monoisotopic (exact) mass is 271 g/mol. The van der Waals surface area contributed by atoms with Crippen LogP contribution in [-0.4, -0.2) is 25.2 Å². The molecule has 1 aromatic carbocycles. The largest absolute Gasteiger partial charge is 0.481 e. The summed E-state index contributed by atoms with van der Waals surface area (Å²) in [5, 5.41) is 8.65. The van der Waals surface area contributed by atoms with Crippen LogP contribution in [0.3, 0.4) is 0 Å². The first-order valence-electron chi connectivity index (χ1n) is 4.64. The number of halogens is 1. The number of carboxylic acid groups (broad SMARTS) is 1. The van der Waals surface area contributed by atoms with E-state index in [1.165, 1.54) is 0 Å². The Morgan fingerprint density at radius 3 is 2.33 bits per heavy atom. The fraction of sp³-hybridized carbons (Fsp3) is 0.364. The molecule has 4 heteroatoms. The van der Waals surface area contributed by atoms with Crippen LogP contribution in [0.1, 0.15) is 16.8 Å². The number of aliphatic carboxylic acids is 1. The first-order chi connectivity index (χ1) is 7.00. The van der Waals surface area contributed by atoms with E-state index in [1.807, 2.05) is 43.3 Å². The van der Waals surface area contributed by atoms with Crippen molar-refractivity contribution in [2.75, 3.05) is 19.0 Å². The highest BCUT2D eigenvalue weighted by atomic mass is 79.9. The molecule has 3 nitrogen and oxygen atoms in total. The van der Waals surface area contributed by atoms with Gasteiger partial charge in [0, 0.05) is 24.6 Å². The van der Waals surface area contributed by atoms with Gasteiger partial charge in [-0.1, -0.05) is 28.1 Å². The van der Waals surface area contributed by atoms with Crippen LogP contribution in [-0.2, 0) is 4.79 Å². The van der Waals surface area contributed by atoms with Gasteiger partial charge in [-0.15, -0.1) is 0 Å². The van der Waals surface area contributed by atoms with Crippen molar-refractivity contribution in [1.82, 2.24) is 0 Å². The molecular formula is C11H14BrNO2. The van der Waals surface area contributed by atoms with Crippen LogP contribution in [0, 0.1) is 0 Å². The van der Waals surface area contributed by atoms with Crippen molar-refractivity contribution < 1.29 is 9.90 Å². The molecule has 0 heterocycles. The summed E-state index contributed by atoms with van der Waals surface area (Å²) in [5.41, 5.74) is 2.09. The molecule has 0 fully saturated rings. The van der Waals surface area contributed by atoms with Gasteiger partial charge in [0.15, 0.2) is 0 Å². The fourth-order valence-corrected chi connectivity index (χ4v) is 1.83. The SMILES string of the molecule is CN(C)c1ccc(C(Br)CC(=O)O)cc1. The molecule has 0 saturated carbocycles. The molecule has 1 rings (SSSR count). The van der Waals surface area contributed by atoms with E-state index in [2.05, 4.69) is 15.9 Å². The van der Waals surface area contributed by atoms with Crippen LogP contribution in [0.2, 0.25) is 0 Å². The quantitative estimate of drug-likeness (QED) is 0.857. The molecule has 0 aliphatic rings.